The number of benzene rings is 1. The molecular formula is C14H21F2NO. The summed E-state index contributed by atoms with van der Waals surface area (Å²) in [7, 11) is 0. The SMILES string of the molecule is CCN(CC)C(C)(C)C(O)c1c(F)cccc1F. The van der Waals surface area contributed by atoms with Crippen molar-refractivity contribution in [3.05, 3.63) is 35.4 Å². The van der Waals surface area contributed by atoms with Gasteiger partial charge in [-0.15, -0.1) is 0 Å². The first kappa shape index (κ1) is 15.1. The van der Waals surface area contributed by atoms with Crippen molar-refractivity contribution in [1.29, 1.82) is 0 Å². The molecule has 0 aliphatic rings. The molecule has 2 nitrogen and oxygen atoms in total. The predicted molar refractivity (Wildman–Crippen MR) is 68.3 cm³/mol. The zero-order valence-electron chi connectivity index (χ0n) is 11.4. The Bertz CT molecular complexity index is 383. The lowest BCUT2D eigenvalue weighted by Gasteiger charge is -2.41. The van der Waals surface area contributed by atoms with Crippen LogP contribution in [0, 0.1) is 11.6 Å². The molecule has 4 heteroatoms. The second kappa shape index (κ2) is 5.76. The number of likely N-dealkylation sites (N-methyl/N-ethyl adjacent to an activating group) is 1. The molecule has 18 heavy (non-hydrogen) atoms. The van der Waals surface area contributed by atoms with E-state index in [2.05, 4.69) is 0 Å². The fraction of sp³-hybridized carbons (Fsp3) is 0.571. The molecule has 0 amide bonds. The Morgan fingerprint density at radius 1 is 1.17 bits per heavy atom. The average Bonchev–Trinajstić information content (AvgIpc) is 2.29. The molecule has 0 heterocycles. The number of hydrogen-bond donors (Lipinski definition) is 1. The van der Waals surface area contributed by atoms with Gasteiger partial charge in [0, 0.05) is 5.54 Å². The molecule has 0 saturated carbocycles. The zero-order valence-corrected chi connectivity index (χ0v) is 11.4. The number of halogens is 2. The normalized spacial score (nSPS) is 14.0. The van der Waals surface area contributed by atoms with Gasteiger partial charge in [-0.2, -0.15) is 0 Å². The summed E-state index contributed by atoms with van der Waals surface area (Å²) in [5, 5.41) is 10.3. The van der Waals surface area contributed by atoms with E-state index >= 15 is 0 Å². The summed E-state index contributed by atoms with van der Waals surface area (Å²) in [5.74, 6) is -1.41. The molecule has 0 aliphatic carbocycles. The van der Waals surface area contributed by atoms with Crippen molar-refractivity contribution in [3.8, 4) is 0 Å². The third kappa shape index (κ3) is 2.70. The van der Waals surface area contributed by atoms with Gasteiger partial charge in [-0.1, -0.05) is 19.9 Å². The minimum atomic E-state index is -1.21. The molecule has 1 atom stereocenters. The van der Waals surface area contributed by atoms with E-state index in [0.29, 0.717) is 13.1 Å². The van der Waals surface area contributed by atoms with Crippen LogP contribution >= 0.6 is 0 Å². The number of aliphatic hydroxyl groups excluding tert-OH is 1. The third-order valence-corrected chi connectivity index (χ3v) is 3.52. The van der Waals surface area contributed by atoms with E-state index in [1.165, 1.54) is 18.2 Å². The highest BCUT2D eigenvalue weighted by atomic mass is 19.1. The second-order valence-electron chi connectivity index (χ2n) is 4.86. The Kier molecular flexibility index (Phi) is 4.82. The maximum absolute atomic E-state index is 13.7. The van der Waals surface area contributed by atoms with E-state index in [4.69, 9.17) is 0 Å². The van der Waals surface area contributed by atoms with Crippen LogP contribution in [0.25, 0.3) is 0 Å². The van der Waals surface area contributed by atoms with Crippen LogP contribution < -0.4 is 0 Å². The third-order valence-electron chi connectivity index (χ3n) is 3.52. The van der Waals surface area contributed by atoms with Crippen LogP contribution in [0.1, 0.15) is 39.4 Å². The lowest BCUT2D eigenvalue weighted by Crippen LogP contribution is -2.48. The molecule has 1 aromatic rings. The molecule has 1 aromatic carbocycles. The molecule has 1 unspecified atom stereocenters. The van der Waals surface area contributed by atoms with Crippen molar-refractivity contribution in [2.24, 2.45) is 0 Å². The van der Waals surface area contributed by atoms with Crippen molar-refractivity contribution >= 4 is 0 Å². The van der Waals surface area contributed by atoms with Crippen LogP contribution in [-0.2, 0) is 0 Å². The lowest BCUT2D eigenvalue weighted by atomic mass is 9.88. The fourth-order valence-corrected chi connectivity index (χ4v) is 2.34. The highest BCUT2D eigenvalue weighted by molar-refractivity contribution is 5.24. The van der Waals surface area contributed by atoms with E-state index < -0.39 is 23.3 Å². The summed E-state index contributed by atoms with van der Waals surface area (Å²) in [4.78, 5) is 1.98. The predicted octanol–water partition coefficient (Wildman–Crippen LogP) is 3.12. The largest absolute Gasteiger partial charge is 0.386 e. The number of rotatable bonds is 5. The van der Waals surface area contributed by atoms with Crippen LogP contribution in [-0.4, -0.2) is 28.6 Å². The van der Waals surface area contributed by atoms with E-state index in [9.17, 15) is 13.9 Å². The zero-order chi connectivity index (χ0) is 13.9. The van der Waals surface area contributed by atoms with Gasteiger partial charge in [0.2, 0.25) is 0 Å². The molecule has 1 rings (SSSR count). The van der Waals surface area contributed by atoms with Gasteiger partial charge in [0.15, 0.2) is 0 Å². The second-order valence-corrected chi connectivity index (χ2v) is 4.86. The van der Waals surface area contributed by atoms with Crippen molar-refractivity contribution in [2.75, 3.05) is 13.1 Å². The van der Waals surface area contributed by atoms with Gasteiger partial charge in [0.25, 0.3) is 0 Å². The van der Waals surface area contributed by atoms with E-state index in [-0.39, 0.29) is 5.56 Å². The van der Waals surface area contributed by atoms with Crippen molar-refractivity contribution < 1.29 is 13.9 Å². The van der Waals surface area contributed by atoms with Crippen LogP contribution in [0.5, 0.6) is 0 Å². The van der Waals surface area contributed by atoms with Gasteiger partial charge >= 0.3 is 0 Å². The standard InChI is InChI=1S/C14H21F2NO/c1-5-17(6-2)14(3,4)13(18)12-10(15)8-7-9-11(12)16/h7-9,13,18H,5-6H2,1-4H3. The van der Waals surface area contributed by atoms with Crippen LogP contribution in [0.2, 0.25) is 0 Å². The summed E-state index contributed by atoms with van der Waals surface area (Å²) in [5.41, 5.74) is -0.985. The topological polar surface area (TPSA) is 23.5 Å². The van der Waals surface area contributed by atoms with Gasteiger partial charge in [-0.25, -0.2) is 8.78 Å². The van der Waals surface area contributed by atoms with Crippen LogP contribution in [0.3, 0.4) is 0 Å². The minimum Gasteiger partial charge on any atom is -0.386 e. The molecule has 0 saturated heterocycles. The maximum atomic E-state index is 13.7. The number of nitrogens with zero attached hydrogens (tertiary/aromatic N) is 1. The first-order valence-electron chi connectivity index (χ1n) is 6.23. The van der Waals surface area contributed by atoms with E-state index in [1.54, 1.807) is 13.8 Å². The average molecular weight is 257 g/mol. The van der Waals surface area contributed by atoms with Crippen LogP contribution in [0.15, 0.2) is 18.2 Å². The Morgan fingerprint density at radius 3 is 2.00 bits per heavy atom. The van der Waals surface area contributed by atoms with Crippen molar-refractivity contribution in [3.63, 3.8) is 0 Å². The number of hydrogen-bond acceptors (Lipinski definition) is 2. The van der Waals surface area contributed by atoms with Gasteiger partial charge in [0.1, 0.15) is 17.7 Å². The molecule has 1 N–H and O–H groups in total. The van der Waals surface area contributed by atoms with Gasteiger partial charge in [0.05, 0.1) is 5.56 Å². The number of aliphatic hydroxyl groups is 1. The summed E-state index contributed by atoms with van der Waals surface area (Å²) < 4.78 is 27.4. The molecule has 0 spiro atoms. The Morgan fingerprint density at radius 2 is 1.61 bits per heavy atom. The fourth-order valence-electron chi connectivity index (χ4n) is 2.34. The Labute approximate surface area is 107 Å². The first-order chi connectivity index (χ1) is 8.36. The highest BCUT2D eigenvalue weighted by Crippen LogP contribution is 2.33. The van der Waals surface area contributed by atoms with E-state index in [0.717, 1.165) is 0 Å². The minimum absolute atomic E-state index is 0.255. The van der Waals surface area contributed by atoms with Crippen molar-refractivity contribution in [2.45, 2.75) is 39.3 Å². The molecule has 102 valence electrons. The molecule has 0 radical (unpaired) electrons. The molecule has 0 bridgehead atoms. The molecule has 0 aliphatic heterocycles. The molecule has 0 aromatic heterocycles. The van der Waals surface area contributed by atoms with Gasteiger partial charge in [-0.05, 0) is 39.1 Å². The molecule has 0 fully saturated rings. The first-order valence-corrected chi connectivity index (χ1v) is 6.23. The smallest absolute Gasteiger partial charge is 0.132 e. The van der Waals surface area contributed by atoms with Gasteiger partial charge in [-0.3, -0.25) is 4.90 Å². The quantitative estimate of drug-likeness (QED) is 0.876. The Hall–Kier alpha value is -1.00. The monoisotopic (exact) mass is 257 g/mol. The summed E-state index contributed by atoms with van der Waals surface area (Å²) >= 11 is 0. The lowest BCUT2D eigenvalue weighted by molar-refractivity contribution is -0.0101. The highest BCUT2D eigenvalue weighted by Gasteiger charge is 2.36. The summed E-state index contributed by atoms with van der Waals surface area (Å²) in [6.45, 7) is 8.89. The van der Waals surface area contributed by atoms with Gasteiger partial charge < -0.3 is 5.11 Å². The summed E-state index contributed by atoms with van der Waals surface area (Å²) in [6, 6.07) is 3.63. The summed E-state index contributed by atoms with van der Waals surface area (Å²) in [6.07, 6.45) is -1.21. The van der Waals surface area contributed by atoms with Crippen LogP contribution in [0.4, 0.5) is 8.78 Å². The maximum Gasteiger partial charge on any atom is 0.132 e. The Balaban J connectivity index is 3.16. The molecular weight excluding hydrogens is 236 g/mol. The van der Waals surface area contributed by atoms with E-state index in [1.807, 2.05) is 18.7 Å². The van der Waals surface area contributed by atoms with Crippen molar-refractivity contribution in [1.82, 2.24) is 4.90 Å².